The van der Waals surface area contributed by atoms with Crippen LogP contribution in [0.25, 0.3) is 11.4 Å². The minimum absolute atomic E-state index is 0.430. The molecule has 0 bridgehead atoms. The van der Waals surface area contributed by atoms with Crippen molar-refractivity contribution in [3.8, 4) is 17.5 Å². The van der Waals surface area contributed by atoms with Gasteiger partial charge in [0, 0.05) is 24.6 Å². The Labute approximate surface area is 188 Å². The number of ether oxygens (including phenoxy) is 1. The summed E-state index contributed by atoms with van der Waals surface area (Å²) >= 11 is 0. The summed E-state index contributed by atoms with van der Waals surface area (Å²) in [4.78, 5) is 9.15. The fraction of sp³-hybridized carbons (Fsp3) is 0.593. The van der Waals surface area contributed by atoms with Crippen molar-refractivity contribution in [2.45, 2.75) is 96.0 Å². The standard InChI is InChI=1S/C27H37N3O/c1-2-3-4-5-6-7-8-9-18-31-26-16-14-23(15-17-26)25-20-29-27(30-21-25)24-12-10-22(19-28)11-13-24/h10-13,20-21,23,26H,2-9,14-18H2,1H3. The average molecular weight is 420 g/mol. The molecule has 1 aromatic carbocycles. The third-order valence-corrected chi connectivity index (χ3v) is 6.44. The third-order valence-electron chi connectivity index (χ3n) is 6.44. The fourth-order valence-corrected chi connectivity index (χ4v) is 4.44. The first-order chi connectivity index (χ1) is 15.3. The molecule has 0 amide bonds. The summed E-state index contributed by atoms with van der Waals surface area (Å²) in [5.41, 5.74) is 2.84. The van der Waals surface area contributed by atoms with Gasteiger partial charge in [0.15, 0.2) is 5.82 Å². The number of hydrogen-bond donors (Lipinski definition) is 0. The van der Waals surface area contributed by atoms with E-state index in [4.69, 9.17) is 10.00 Å². The van der Waals surface area contributed by atoms with Crippen LogP contribution in [-0.4, -0.2) is 22.7 Å². The minimum Gasteiger partial charge on any atom is -0.378 e. The first-order valence-corrected chi connectivity index (χ1v) is 12.2. The lowest BCUT2D eigenvalue weighted by molar-refractivity contribution is 0.0225. The highest BCUT2D eigenvalue weighted by Crippen LogP contribution is 2.34. The number of nitriles is 1. The zero-order valence-electron chi connectivity index (χ0n) is 19.1. The van der Waals surface area contributed by atoms with Crippen molar-refractivity contribution in [3.63, 3.8) is 0 Å². The van der Waals surface area contributed by atoms with Gasteiger partial charge in [0.1, 0.15) is 0 Å². The van der Waals surface area contributed by atoms with Gasteiger partial charge in [-0.3, -0.25) is 0 Å². The summed E-state index contributed by atoms with van der Waals surface area (Å²) < 4.78 is 6.15. The molecule has 0 aliphatic heterocycles. The molecule has 1 fully saturated rings. The van der Waals surface area contributed by atoms with Crippen LogP contribution in [0.5, 0.6) is 0 Å². The van der Waals surface area contributed by atoms with Gasteiger partial charge in [0.2, 0.25) is 0 Å². The van der Waals surface area contributed by atoms with Crippen molar-refractivity contribution in [2.24, 2.45) is 0 Å². The zero-order chi connectivity index (χ0) is 21.7. The molecule has 31 heavy (non-hydrogen) atoms. The van der Waals surface area contributed by atoms with Crippen LogP contribution in [0.4, 0.5) is 0 Å². The highest BCUT2D eigenvalue weighted by atomic mass is 16.5. The van der Waals surface area contributed by atoms with E-state index in [9.17, 15) is 0 Å². The Bertz CT molecular complexity index is 787. The topological polar surface area (TPSA) is 58.8 Å². The predicted octanol–water partition coefficient (Wildman–Crippen LogP) is 7.20. The Morgan fingerprint density at radius 3 is 2.10 bits per heavy atom. The Balaban J connectivity index is 1.33. The lowest BCUT2D eigenvalue weighted by atomic mass is 9.84. The number of hydrogen-bond acceptors (Lipinski definition) is 4. The summed E-state index contributed by atoms with van der Waals surface area (Å²) in [6.07, 6.45) is 19.8. The summed E-state index contributed by atoms with van der Waals surface area (Å²) in [5.74, 6) is 1.26. The third kappa shape index (κ3) is 7.74. The van der Waals surface area contributed by atoms with E-state index in [0.29, 0.717) is 17.6 Å². The predicted molar refractivity (Wildman–Crippen MR) is 126 cm³/mol. The van der Waals surface area contributed by atoms with Crippen LogP contribution in [0.3, 0.4) is 0 Å². The lowest BCUT2D eigenvalue weighted by Crippen LogP contribution is -2.21. The van der Waals surface area contributed by atoms with E-state index in [0.717, 1.165) is 43.7 Å². The highest BCUT2D eigenvalue weighted by molar-refractivity contribution is 5.56. The van der Waals surface area contributed by atoms with E-state index < -0.39 is 0 Å². The van der Waals surface area contributed by atoms with E-state index in [1.54, 1.807) is 0 Å². The van der Waals surface area contributed by atoms with Crippen molar-refractivity contribution in [1.29, 1.82) is 5.26 Å². The minimum atomic E-state index is 0.430. The molecule has 0 unspecified atom stereocenters. The molecule has 1 aliphatic carbocycles. The average Bonchev–Trinajstić information content (AvgIpc) is 2.83. The maximum absolute atomic E-state index is 8.92. The van der Waals surface area contributed by atoms with Crippen LogP contribution in [0, 0.1) is 11.3 Å². The van der Waals surface area contributed by atoms with Crippen LogP contribution in [0.1, 0.15) is 101 Å². The van der Waals surface area contributed by atoms with Gasteiger partial charge in [-0.15, -0.1) is 0 Å². The van der Waals surface area contributed by atoms with E-state index in [2.05, 4.69) is 23.0 Å². The second kappa shape index (κ2) is 13.2. The summed E-state index contributed by atoms with van der Waals surface area (Å²) in [6, 6.07) is 9.56. The Morgan fingerprint density at radius 2 is 1.48 bits per heavy atom. The monoisotopic (exact) mass is 419 g/mol. The number of benzene rings is 1. The maximum Gasteiger partial charge on any atom is 0.159 e. The largest absolute Gasteiger partial charge is 0.378 e. The Kier molecular flexibility index (Phi) is 9.99. The molecular formula is C27H37N3O. The summed E-state index contributed by atoms with van der Waals surface area (Å²) in [5, 5.41) is 8.92. The molecule has 1 saturated carbocycles. The molecule has 0 radical (unpaired) electrons. The second-order valence-corrected chi connectivity index (χ2v) is 8.85. The van der Waals surface area contributed by atoms with E-state index in [1.807, 2.05) is 36.7 Å². The van der Waals surface area contributed by atoms with Gasteiger partial charge in [0.25, 0.3) is 0 Å². The van der Waals surface area contributed by atoms with Crippen molar-refractivity contribution in [3.05, 3.63) is 47.8 Å². The van der Waals surface area contributed by atoms with Gasteiger partial charge >= 0.3 is 0 Å². The van der Waals surface area contributed by atoms with Gasteiger partial charge in [-0.25, -0.2) is 9.97 Å². The molecular weight excluding hydrogens is 382 g/mol. The van der Waals surface area contributed by atoms with Gasteiger partial charge in [-0.1, -0.05) is 51.9 Å². The van der Waals surface area contributed by atoms with Gasteiger partial charge < -0.3 is 4.74 Å². The summed E-state index contributed by atoms with van der Waals surface area (Å²) in [6.45, 7) is 3.19. The van der Waals surface area contributed by atoms with Gasteiger partial charge in [0.05, 0.1) is 17.7 Å². The molecule has 0 spiro atoms. The first-order valence-electron chi connectivity index (χ1n) is 12.2. The number of unbranched alkanes of at least 4 members (excludes halogenated alkanes) is 7. The number of aromatic nitrogens is 2. The lowest BCUT2D eigenvalue weighted by Gasteiger charge is -2.28. The molecule has 3 rings (SSSR count). The molecule has 1 heterocycles. The van der Waals surface area contributed by atoms with Crippen molar-refractivity contribution >= 4 is 0 Å². The zero-order valence-corrected chi connectivity index (χ0v) is 19.1. The van der Waals surface area contributed by atoms with Gasteiger partial charge in [-0.05, 0) is 67.9 Å². The molecule has 166 valence electrons. The number of nitrogens with zero attached hydrogens (tertiary/aromatic N) is 3. The van der Waals surface area contributed by atoms with E-state index >= 15 is 0 Å². The maximum atomic E-state index is 8.92. The molecule has 2 aromatic rings. The fourth-order valence-electron chi connectivity index (χ4n) is 4.44. The van der Waals surface area contributed by atoms with Crippen molar-refractivity contribution in [1.82, 2.24) is 9.97 Å². The van der Waals surface area contributed by atoms with Gasteiger partial charge in [-0.2, -0.15) is 5.26 Å². The van der Waals surface area contributed by atoms with E-state index in [-0.39, 0.29) is 0 Å². The van der Waals surface area contributed by atoms with Crippen LogP contribution in [-0.2, 0) is 4.74 Å². The summed E-state index contributed by atoms with van der Waals surface area (Å²) in [7, 11) is 0. The normalized spacial score (nSPS) is 18.6. The van der Waals surface area contributed by atoms with Crippen LogP contribution < -0.4 is 0 Å². The van der Waals surface area contributed by atoms with E-state index in [1.165, 1.54) is 56.9 Å². The Hall–Kier alpha value is -2.25. The quantitative estimate of drug-likeness (QED) is 0.341. The first kappa shape index (κ1) is 23.4. The smallest absolute Gasteiger partial charge is 0.159 e. The molecule has 1 aromatic heterocycles. The Morgan fingerprint density at radius 1 is 0.871 bits per heavy atom. The number of rotatable bonds is 12. The molecule has 0 atom stereocenters. The van der Waals surface area contributed by atoms with Crippen LogP contribution in [0.2, 0.25) is 0 Å². The molecule has 1 aliphatic rings. The van der Waals surface area contributed by atoms with Crippen LogP contribution >= 0.6 is 0 Å². The van der Waals surface area contributed by atoms with Crippen LogP contribution in [0.15, 0.2) is 36.7 Å². The highest BCUT2D eigenvalue weighted by Gasteiger charge is 2.23. The molecule has 4 nitrogen and oxygen atoms in total. The molecule has 0 saturated heterocycles. The molecule has 0 N–H and O–H groups in total. The second-order valence-electron chi connectivity index (χ2n) is 8.85. The van der Waals surface area contributed by atoms with Crippen molar-refractivity contribution in [2.75, 3.05) is 6.61 Å². The van der Waals surface area contributed by atoms with Crippen molar-refractivity contribution < 1.29 is 4.74 Å². The SMILES string of the molecule is CCCCCCCCCCOC1CCC(c2cnc(-c3ccc(C#N)cc3)nc2)CC1. The molecule has 4 heteroatoms.